The predicted molar refractivity (Wildman–Crippen MR) is 246 cm³/mol. The maximum atomic E-state index is 2.57. The molecule has 274 valence electrons. The third-order valence-electron chi connectivity index (χ3n) is 12.6. The highest BCUT2D eigenvalue weighted by Crippen LogP contribution is 2.43. The van der Waals surface area contributed by atoms with Gasteiger partial charge in [-0.3, -0.25) is 0 Å². The van der Waals surface area contributed by atoms with Crippen LogP contribution in [0.2, 0.25) is 0 Å². The number of para-hydroxylation sites is 4. The van der Waals surface area contributed by atoms with Gasteiger partial charge in [-0.2, -0.15) is 0 Å². The third kappa shape index (κ3) is 4.86. The summed E-state index contributed by atoms with van der Waals surface area (Å²) in [4.78, 5) is 0. The molecule has 3 nitrogen and oxygen atoms in total. The molecule has 0 saturated heterocycles. The summed E-state index contributed by atoms with van der Waals surface area (Å²) in [6, 6.07) is 67.1. The van der Waals surface area contributed by atoms with E-state index in [0.717, 1.165) is 6.42 Å². The molecule has 1 atom stereocenters. The monoisotopic (exact) mass is 741 g/mol. The Bertz CT molecular complexity index is 3270. The molecule has 0 amide bonds. The summed E-state index contributed by atoms with van der Waals surface area (Å²) in [5.74, 6) is 0. The Morgan fingerprint density at radius 1 is 0.362 bits per heavy atom. The fourth-order valence-electron chi connectivity index (χ4n) is 9.83. The average molecular weight is 742 g/mol. The van der Waals surface area contributed by atoms with Gasteiger partial charge >= 0.3 is 0 Å². The van der Waals surface area contributed by atoms with Crippen molar-refractivity contribution in [3.05, 3.63) is 206 Å². The second-order valence-electron chi connectivity index (χ2n) is 16.0. The minimum absolute atomic E-state index is 0.186. The molecular weight excluding hydrogens is 703 g/mol. The molecule has 1 aliphatic carbocycles. The van der Waals surface area contributed by atoms with E-state index in [0.29, 0.717) is 0 Å². The van der Waals surface area contributed by atoms with Gasteiger partial charge in [0.25, 0.3) is 0 Å². The molecule has 0 saturated carbocycles. The van der Waals surface area contributed by atoms with Crippen LogP contribution in [0, 0.1) is 0 Å². The van der Waals surface area contributed by atoms with E-state index in [1.807, 2.05) is 0 Å². The van der Waals surface area contributed by atoms with Gasteiger partial charge in [0.15, 0.2) is 0 Å². The lowest BCUT2D eigenvalue weighted by Gasteiger charge is -2.31. The molecule has 0 bridgehead atoms. The lowest BCUT2D eigenvalue weighted by molar-refractivity contribution is 0.437. The summed E-state index contributed by atoms with van der Waals surface area (Å²) in [5.41, 5.74) is 14.4. The fraction of sp³-hybridized carbons (Fsp3) is 0.0545. The molecule has 0 N–H and O–H groups in total. The first-order valence-corrected chi connectivity index (χ1v) is 20.2. The van der Waals surface area contributed by atoms with Crippen molar-refractivity contribution in [2.75, 3.05) is 0 Å². The third-order valence-corrected chi connectivity index (χ3v) is 12.6. The SMILES string of the molecule is CC1(n2c3ccc(-c4ccc5c(c4)c4ccccc4n5-c4ccccc4)cc3c3cc(-c4ccc5c(c4)c4ccccc4n5-c4ccccc4)ccc32)C=CC=CC1. The molecule has 3 heterocycles. The Morgan fingerprint density at radius 3 is 1.17 bits per heavy atom. The second kappa shape index (κ2) is 12.6. The van der Waals surface area contributed by atoms with Gasteiger partial charge in [0, 0.05) is 54.7 Å². The molecule has 8 aromatic carbocycles. The zero-order valence-electron chi connectivity index (χ0n) is 32.2. The Labute approximate surface area is 336 Å². The maximum absolute atomic E-state index is 2.57. The summed E-state index contributed by atoms with van der Waals surface area (Å²) < 4.78 is 7.34. The largest absolute Gasteiger partial charge is 0.331 e. The van der Waals surface area contributed by atoms with Gasteiger partial charge in [0.2, 0.25) is 0 Å². The van der Waals surface area contributed by atoms with Gasteiger partial charge < -0.3 is 13.7 Å². The van der Waals surface area contributed by atoms with Crippen LogP contribution in [-0.2, 0) is 5.54 Å². The van der Waals surface area contributed by atoms with Crippen LogP contribution in [0.15, 0.2) is 206 Å². The van der Waals surface area contributed by atoms with E-state index in [-0.39, 0.29) is 5.54 Å². The number of rotatable bonds is 5. The number of allylic oxidation sites excluding steroid dienone is 4. The highest BCUT2D eigenvalue weighted by Gasteiger charge is 2.28. The van der Waals surface area contributed by atoms with Crippen molar-refractivity contribution in [1.82, 2.24) is 13.7 Å². The molecule has 0 fully saturated rings. The number of fused-ring (bicyclic) bond motifs is 9. The van der Waals surface area contributed by atoms with Gasteiger partial charge in [-0.15, -0.1) is 0 Å². The molecular formula is C55H39N3. The lowest BCUT2D eigenvalue weighted by atomic mass is 9.92. The van der Waals surface area contributed by atoms with Gasteiger partial charge in [0.05, 0.1) is 27.6 Å². The zero-order valence-corrected chi connectivity index (χ0v) is 32.2. The molecule has 11 aromatic rings. The molecule has 1 unspecified atom stereocenters. The van der Waals surface area contributed by atoms with Crippen LogP contribution in [0.3, 0.4) is 0 Å². The minimum Gasteiger partial charge on any atom is -0.331 e. The molecule has 0 aliphatic heterocycles. The highest BCUT2D eigenvalue weighted by molar-refractivity contribution is 6.14. The Balaban J connectivity index is 1.05. The van der Waals surface area contributed by atoms with Crippen LogP contribution in [0.25, 0.3) is 99.0 Å². The minimum atomic E-state index is -0.186. The standard InChI is InChI=1S/C55H39N3/c1-55(31-13-4-14-32-55)58-53-29-25-39(37-23-27-51-45(33-37)43-19-9-11-21-49(43)56(51)41-15-5-2-6-16-41)35-47(53)48-36-40(26-30-54(48)58)38-24-28-52-46(34-38)44-20-10-12-22-50(44)57(52)42-17-7-3-8-18-42/h2-31,33-36H,32H2,1H3. The molecule has 3 aromatic heterocycles. The van der Waals surface area contributed by atoms with E-state index in [9.17, 15) is 0 Å². The topological polar surface area (TPSA) is 14.8 Å². The first-order valence-electron chi connectivity index (χ1n) is 20.2. The maximum Gasteiger partial charge on any atom is 0.0643 e. The first-order chi connectivity index (χ1) is 28.6. The first kappa shape index (κ1) is 32.8. The summed E-state index contributed by atoms with van der Waals surface area (Å²) in [6.07, 6.45) is 9.97. The van der Waals surface area contributed by atoms with E-state index >= 15 is 0 Å². The Hall–Kier alpha value is -7.36. The van der Waals surface area contributed by atoms with Gasteiger partial charge in [-0.1, -0.05) is 121 Å². The zero-order chi connectivity index (χ0) is 38.4. The van der Waals surface area contributed by atoms with E-state index in [1.165, 1.54) is 99.0 Å². The number of nitrogens with zero attached hydrogens (tertiary/aromatic N) is 3. The van der Waals surface area contributed by atoms with E-state index in [2.05, 4.69) is 227 Å². The molecule has 0 spiro atoms. The van der Waals surface area contributed by atoms with E-state index in [4.69, 9.17) is 0 Å². The van der Waals surface area contributed by atoms with Crippen molar-refractivity contribution in [3.63, 3.8) is 0 Å². The quantitative estimate of drug-likeness (QED) is 0.167. The summed E-state index contributed by atoms with van der Waals surface area (Å²) in [5, 5.41) is 7.59. The highest BCUT2D eigenvalue weighted by atomic mass is 15.1. The average Bonchev–Trinajstić information content (AvgIpc) is 3.92. The molecule has 0 radical (unpaired) electrons. The van der Waals surface area contributed by atoms with Crippen molar-refractivity contribution in [2.24, 2.45) is 0 Å². The van der Waals surface area contributed by atoms with Crippen LogP contribution < -0.4 is 0 Å². The number of benzene rings is 8. The van der Waals surface area contributed by atoms with Crippen molar-refractivity contribution in [3.8, 4) is 33.6 Å². The van der Waals surface area contributed by atoms with Gasteiger partial charge in [0.1, 0.15) is 0 Å². The number of hydrogen-bond donors (Lipinski definition) is 0. The van der Waals surface area contributed by atoms with Gasteiger partial charge in [-0.05, 0) is 121 Å². The Kier molecular flexibility index (Phi) is 7.12. The lowest BCUT2D eigenvalue weighted by Crippen LogP contribution is -2.27. The molecule has 12 rings (SSSR count). The Morgan fingerprint density at radius 2 is 0.741 bits per heavy atom. The molecule has 1 aliphatic rings. The normalized spacial score (nSPS) is 15.5. The van der Waals surface area contributed by atoms with E-state index < -0.39 is 0 Å². The predicted octanol–water partition coefficient (Wildman–Crippen LogP) is 14.6. The van der Waals surface area contributed by atoms with Crippen LogP contribution in [0.4, 0.5) is 0 Å². The number of aromatic nitrogens is 3. The number of hydrogen-bond acceptors (Lipinski definition) is 0. The molecule has 58 heavy (non-hydrogen) atoms. The van der Waals surface area contributed by atoms with Gasteiger partial charge in [-0.25, -0.2) is 0 Å². The molecule has 3 heteroatoms. The van der Waals surface area contributed by atoms with Crippen LogP contribution in [-0.4, -0.2) is 13.7 Å². The fourth-order valence-corrected chi connectivity index (χ4v) is 9.83. The summed E-state index contributed by atoms with van der Waals surface area (Å²) >= 11 is 0. The van der Waals surface area contributed by atoms with Crippen molar-refractivity contribution in [1.29, 1.82) is 0 Å². The summed E-state index contributed by atoms with van der Waals surface area (Å²) in [6.45, 7) is 2.36. The van der Waals surface area contributed by atoms with Crippen LogP contribution >= 0.6 is 0 Å². The van der Waals surface area contributed by atoms with E-state index in [1.54, 1.807) is 0 Å². The summed E-state index contributed by atoms with van der Waals surface area (Å²) in [7, 11) is 0. The van der Waals surface area contributed by atoms with Crippen LogP contribution in [0.1, 0.15) is 13.3 Å². The van der Waals surface area contributed by atoms with Crippen molar-refractivity contribution >= 4 is 65.4 Å². The second-order valence-corrected chi connectivity index (χ2v) is 16.0. The van der Waals surface area contributed by atoms with Crippen LogP contribution in [0.5, 0.6) is 0 Å². The smallest absolute Gasteiger partial charge is 0.0643 e. The van der Waals surface area contributed by atoms with Crippen molar-refractivity contribution in [2.45, 2.75) is 18.9 Å². The van der Waals surface area contributed by atoms with Crippen molar-refractivity contribution < 1.29 is 0 Å².